The summed E-state index contributed by atoms with van der Waals surface area (Å²) >= 11 is 1.49. The molecule has 0 aliphatic carbocycles. The van der Waals surface area contributed by atoms with E-state index in [-0.39, 0.29) is 18.4 Å². The van der Waals surface area contributed by atoms with E-state index in [1.807, 2.05) is 38.1 Å². The molecule has 5 rings (SSSR count). The molecule has 1 aliphatic rings. The van der Waals surface area contributed by atoms with E-state index in [2.05, 4.69) is 26.7 Å². The largest absolute Gasteiger partial charge is 0.348 e. The molecule has 2 amide bonds. The summed E-state index contributed by atoms with van der Waals surface area (Å²) in [6, 6.07) is 21.8. The fraction of sp³-hybridized carbons (Fsp3) is 0.107. The first-order chi connectivity index (χ1) is 17.6. The van der Waals surface area contributed by atoms with Crippen molar-refractivity contribution < 1.29 is 9.59 Å². The molecule has 0 saturated heterocycles. The molecule has 3 aromatic carbocycles. The van der Waals surface area contributed by atoms with Gasteiger partial charge in [-0.2, -0.15) is 5.26 Å². The molecule has 1 aromatic heterocycles. The van der Waals surface area contributed by atoms with Gasteiger partial charge in [-0.15, -0.1) is 0 Å². The van der Waals surface area contributed by atoms with Crippen LogP contribution in [-0.2, 0) is 6.54 Å². The maximum atomic E-state index is 12.7. The third-order valence-corrected chi connectivity index (χ3v) is 6.42. The third-order valence-electron chi connectivity index (χ3n) is 5.27. The number of nitrogens with one attached hydrogen (secondary N) is 2. The normalized spacial score (nSPS) is 11.4. The number of amides is 2. The quantitative estimate of drug-likeness (QED) is 0.378. The first-order valence-electron chi connectivity index (χ1n) is 11.4. The van der Waals surface area contributed by atoms with Crippen molar-refractivity contribution in [3.05, 3.63) is 101 Å². The number of carbonyl (C=O) groups is 2. The lowest BCUT2D eigenvalue weighted by atomic mass is 10.1. The summed E-state index contributed by atoms with van der Waals surface area (Å²) in [5.74, 6) is 0.0819. The summed E-state index contributed by atoms with van der Waals surface area (Å²) < 4.78 is 0. The average Bonchev–Trinajstić information content (AvgIpc) is 3.08. The van der Waals surface area contributed by atoms with Gasteiger partial charge in [0.15, 0.2) is 5.82 Å². The Morgan fingerprint density at radius 2 is 1.72 bits per heavy atom. The lowest BCUT2D eigenvalue weighted by molar-refractivity contribution is 0.0949. The van der Waals surface area contributed by atoms with E-state index in [1.54, 1.807) is 54.9 Å². The van der Waals surface area contributed by atoms with Crippen LogP contribution in [0.25, 0.3) is 11.4 Å². The van der Waals surface area contributed by atoms with E-state index in [0.29, 0.717) is 28.2 Å². The van der Waals surface area contributed by atoms with Gasteiger partial charge in [0, 0.05) is 45.4 Å². The van der Waals surface area contributed by atoms with Gasteiger partial charge < -0.3 is 10.6 Å². The Kier molecular flexibility index (Phi) is 7.73. The summed E-state index contributed by atoms with van der Waals surface area (Å²) in [6.07, 6.45) is 3.32. The summed E-state index contributed by atoms with van der Waals surface area (Å²) in [7, 11) is 0. The molecular weight excluding hydrogens is 470 g/mol. The second-order valence-corrected chi connectivity index (χ2v) is 8.63. The Hall–Kier alpha value is -4.48. The number of nitrogens with zero attached hydrogens (tertiary/aromatic N) is 3. The molecule has 36 heavy (non-hydrogen) atoms. The lowest BCUT2D eigenvalue weighted by Crippen LogP contribution is -2.23. The molecule has 7 nitrogen and oxygen atoms in total. The topological polar surface area (TPSA) is 108 Å². The van der Waals surface area contributed by atoms with Crippen LogP contribution in [0.1, 0.15) is 45.7 Å². The molecule has 0 fully saturated rings. The highest BCUT2D eigenvalue weighted by Gasteiger charge is 2.20. The maximum Gasteiger partial charge on any atom is 0.256 e. The van der Waals surface area contributed by atoms with Gasteiger partial charge in [0.25, 0.3) is 11.8 Å². The van der Waals surface area contributed by atoms with E-state index in [1.165, 1.54) is 11.8 Å². The summed E-state index contributed by atoms with van der Waals surface area (Å²) in [6.45, 7) is 4.26. The summed E-state index contributed by atoms with van der Waals surface area (Å²) in [5.41, 5.74) is 3.79. The van der Waals surface area contributed by atoms with Crippen LogP contribution in [0.4, 0.5) is 5.69 Å². The zero-order chi connectivity index (χ0) is 25.5. The molecule has 0 radical (unpaired) electrons. The fourth-order valence-electron chi connectivity index (χ4n) is 3.48. The highest BCUT2D eigenvalue weighted by molar-refractivity contribution is 7.99. The van der Waals surface area contributed by atoms with Gasteiger partial charge >= 0.3 is 0 Å². The van der Waals surface area contributed by atoms with E-state index in [0.717, 1.165) is 20.9 Å². The van der Waals surface area contributed by atoms with Crippen molar-refractivity contribution in [2.24, 2.45) is 0 Å². The van der Waals surface area contributed by atoms with Crippen LogP contribution in [-0.4, -0.2) is 21.8 Å². The standard InChI is InChI=1S/C26H17N5O2S.C2H6/c27-12-16-5-7-18(8-6-16)24-28-13-17(14-29-24)15-30-25(32)19-9-10-23-21(11-19)31-26(33)20-3-1-2-4-22(20)34-23;1-2/h1-11,13-14H,15H2,(H,30,32)(H,31,33);1-2H3. The molecule has 0 bridgehead atoms. The van der Waals surface area contributed by atoms with Crippen LogP contribution in [0.5, 0.6) is 0 Å². The maximum absolute atomic E-state index is 12.7. The number of aromatic nitrogens is 2. The van der Waals surface area contributed by atoms with Crippen LogP contribution in [0, 0.1) is 11.3 Å². The molecular formula is C28H23N5O2S. The molecule has 2 N–H and O–H groups in total. The van der Waals surface area contributed by atoms with Crippen molar-refractivity contribution in [3.8, 4) is 17.5 Å². The SMILES string of the molecule is CC.N#Cc1ccc(-c2ncc(CNC(=O)c3ccc4c(c3)NC(=O)c3ccccc3S4)cn2)cc1. The number of hydrogen-bond acceptors (Lipinski definition) is 6. The van der Waals surface area contributed by atoms with Gasteiger partial charge in [0.2, 0.25) is 0 Å². The molecule has 1 aliphatic heterocycles. The molecule has 0 atom stereocenters. The predicted octanol–water partition coefficient (Wildman–Crippen LogP) is 5.69. The zero-order valence-corrected chi connectivity index (χ0v) is 20.6. The monoisotopic (exact) mass is 493 g/mol. The number of benzene rings is 3. The number of nitriles is 1. The molecule has 4 aromatic rings. The molecule has 2 heterocycles. The number of rotatable bonds is 4. The first kappa shape index (κ1) is 24.6. The number of carbonyl (C=O) groups excluding carboxylic acids is 2. The Labute approximate surface area is 213 Å². The molecule has 0 saturated carbocycles. The molecule has 178 valence electrons. The minimum absolute atomic E-state index is 0.195. The lowest BCUT2D eigenvalue weighted by Gasteiger charge is -2.10. The van der Waals surface area contributed by atoms with Gasteiger partial charge in [-0.25, -0.2) is 9.97 Å². The van der Waals surface area contributed by atoms with Crippen LogP contribution in [0.2, 0.25) is 0 Å². The minimum Gasteiger partial charge on any atom is -0.348 e. The van der Waals surface area contributed by atoms with Crippen LogP contribution in [0.3, 0.4) is 0 Å². The predicted molar refractivity (Wildman–Crippen MR) is 140 cm³/mol. The number of fused-ring (bicyclic) bond motifs is 2. The van der Waals surface area contributed by atoms with Crippen LogP contribution < -0.4 is 10.6 Å². The fourth-order valence-corrected chi connectivity index (χ4v) is 4.49. The Balaban J connectivity index is 0.00000148. The van der Waals surface area contributed by atoms with Crippen molar-refractivity contribution in [2.75, 3.05) is 5.32 Å². The van der Waals surface area contributed by atoms with Crippen molar-refractivity contribution in [1.82, 2.24) is 15.3 Å². The van der Waals surface area contributed by atoms with E-state index in [4.69, 9.17) is 5.26 Å². The molecule has 0 spiro atoms. The summed E-state index contributed by atoms with van der Waals surface area (Å²) in [4.78, 5) is 35.8. The van der Waals surface area contributed by atoms with Gasteiger partial charge in [-0.3, -0.25) is 9.59 Å². The van der Waals surface area contributed by atoms with E-state index >= 15 is 0 Å². The van der Waals surface area contributed by atoms with Crippen LogP contribution in [0.15, 0.2) is 88.9 Å². The minimum atomic E-state index is -0.264. The smallest absolute Gasteiger partial charge is 0.256 e. The Morgan fingerprint density at radius 1 is 1.00 bits per heavy atom. The number of hydrogen-bond donors (Lipinski definition) is 2. The van der Waals surface area contributed by atoms with Crippen LogP contribution >= 0.6 is 11.8 Å². The number of anilines is 1. The van der Waals surface area contributed by atoms with Gasteiger partial charge in [0.1, 0.15) is 0 Å². The second kappa shape index (κ2) is 11.3. The second-order valence-electron chi connectivity index (χ2n) is 7.55. The zero-order valence-electron chi connectivity index (χ0n) is 19.8. The highest BCUT2D eigenvalue weighted by Crippen LogP contribution is 2.39. The Morgan fingerprint density at radius 3 is 2.44 bits per heavy atom. The van der Waals surface area contributed by atoms with Crippen molar-refractivity contribution in [2.45, 2.75) is 30.2 Å². The Bertz CT molecular complexity index is 1440. The molecule has 0 unspecified atom stereocenters. The van der Waals surface area contributed by atoms with Crippen molar-refractivity contribution in [3.63, 3.8) is 0 Å². The van der Waals surface area contributed by atoms with E-state index < -0.39 is 0 Å². The van der Waals surface area contributed by atoms with Crippen molar-refractivity contribution in [1.29, 1.82) is 5.26 Å². The average molecular weight is 494 g/mol. The van der Waals surface area contributed by atoms with E-state index in [9.17, 15) is 9.59 Å². The van der Waals surface area contributed by atoms with Gasteiger partial charge in [-0.1, -0.05) is 37.7 Å². The van der Waals surface area contributed by atoms with Gasteiger partial charge in [0.05, 0.1) is 22.9 Å². The highest BCUT2D eigenvalue weighted by atomic mass is 32.2. The first-order valence-corrected chi connectivity index (χ1v) is 12.2. The third kappa shape index (κ3) is 5.43. The van der Waals surface area contributed by atoms with Crippen molar-refractivity contribution >= 4 is 29.3 Å². The van der Waals surface area contributed by atoms with Gasteiger partial charge in [-0.05, 0) is 54.6 Å². The summed E-state index contributed by atoms with van der Waals surface area (Å²) in [5, 5.41) is 14.7. The molecule has 8 heteroatoms.